The van der Waals surface area contributed by atoms with Gasteiger partial charge in [-0.15, -0.1) is 0 Å². The number of aromatic hydroxyl groups is 1. The Morgan fingerprint density at radius 1 is 1.33 bits per heavy atom. The number of hydrogen-bond donors (Lipinski definition) is 2. The van der Waals surface area contributed by atoms with Crippen LogP contribution in [0.1, 0.15) is 33.3 Å². The number of nitrogens with one attached hydrogen (secondary N) is 1. The number of nitrogens with zero attached hydrogens (tertiary/aromatic N) is 1. The Morgan fingerprint density at radius 2 is 1.87 bits per heavy atom. The van der Waals surface area contributed by atoms with Crippen molar-refractivity contribution in [1.29, 1.82) is 0 Å². The van der Waals surface area contributed by atoms with Crippen LogP contribution in [-0.2, 0) is 12.0 Å². The molecule has 0 spiro atoms. The van der Waals surface area contributed by atoms with Crippen molar-refractivity contribution >= 4 is 0 Å². The highest BCUT2D eigenvalue weighted by Crippen LogP contribution is 2.19. The molecule has 0 aliphatic carbocycles. The van der Waals surface area contributed by atoms with Crippen LogP contribution in [0, 0.1) is 0 Å². The molecule has 0 aliphatic heterocycles. The molecule has 2 N–H and O–H groups in total. The Hall–Kier alpha value is -1.52. The predicted molar refractivity (Wildman–Crippen MR) is 57.4 cm³/mol. The van der Waals surface area contributed by atoms with Crippen LogP contribution in [0.5, 0.6) is 5.88 Å². The lowest BCUT2D eigenvalue weighted by atomic mass is 10.1. The van der Waals surface area contributed by atoms with E-state index in [1.165, 1.54) is 4.57 Å². The summed E-state index contributed by atoms with van der Waals surface area (Å²) in [4.78, 5) is 25.1. The maximum absolute atomic E-state index is 11.5. The quantitative estimate of drug-likeness (QED) is 0.714. The molecule has 0 saturated heterocycles. The monoisotopic (exact) mass is 212 g/mol. The second-order valence-electron chi connectivity index (χ2n) is 4.42. The van der Waals surface area contributed by atoms with E-state index in [1.807, 2.05) is 0 Å². The summed E-state index contributed by atoms with van der Waals surface area (Å²) in [6, 6.07) is 0. The smallest absolute Gasteiger partial charge is 0.331 e. The summed E-state index contributed by atoms with van der Waals surface area (Å²) in [5.41, 5.74) is -1.41. The van der Waals surface area contributed by atoms with Crippen LogP contribution in [0.3, 0.4) is 0 Å². The summed E-state index contributed by atoms with van der Waals surface area (Å²) >= 11 is 0. The van der Waals surface area contributed by atoms with Gasteiger partial charge in [0.1, 0.15) is 0 Å². The molecule has 1 aromatic heterocycles. The standard InChI is InChI=1S/C10H16N2O3/c1-5-6-7(13)11-9(15)12(8(6)14)10(2,3)4/h14H,5H2,1-4H3,(H,11,13,15). The first-order valence-corrected chi connectivity index (χ1v) is 4.86. The average molecular weight is 212 g/mol. The maximum Gasteiger partial charge on any atom is 0.331 e. The predicted octanol–water partition coefficient (Wildman–Crippen LogP) is 0.560. The van der Waals surface area contributed by atoms with Crippen LogP contribution in [0.2, 0.25) is 0 Å². The van der Waals surface area contributed by atoms with Crippen molar-refractivity contribution in [3.05, 3.63) is 26.4 Å². The first-order valence-electron chi connectivity index (χ1n) is 4.86. The normalized spacial score (nSPS) is 11.7. The SMILES string of the molecule is CCc1c(O)n(C(C)(C)C)c(=O)[nH]c1=O. The Kier molecular flexibility index (Phi) is 2.75. The highest BCUT2D eigenvalue weighted by molar-refractivity contribution is 5.23. The minimum atomic E-state index is -0.581. The van der Waals surface area contributed by atoms with Gasteiger partial charge >= 0.3 is 5.69 Å². The number of aromatic amines is 1. The second-order valence-corrected chi connectivity index (χ2v) is 4.42. The van der Waals surface area contributed by atoms with Crippen molar-refractivity contribution in [2.45, 2.75) is 39.7 Å². The molecule has 5 nitrogen and oxygen atoms in total. The molecule has 0 unspecified atom stereocenters. The maximum atomic E-state index is 11.5. The third-order valence-corrected chi connectivity index (χ3v) is 2.20. The van der Waals surface area contributed by atoms with Gasteiger partial charge in [0.15, 0.2) is 0 Å². The van der Waals surface area contributed by atoms with Crippen LogP contribution < -0.4 is 11.2 Å². The highest BCUT2D eigenvalue weighted by atomic mass is 16.3. The van der Waals surface area contributed by atoms with Crippen LogP contribution in [0.25, 0.3) is 0 Å². The number of H-pyrrole nitrogens is 1. The van der Waals surface area contributed by atoms with Gasteiger partial charge in [0, 0.05) is 5.54 Å². The van der Waals surface area contributed by atoms with E-state index in [1.54, 1.807) is 27.7 Å². The molecule has 5 heteroatoms. The van der Waals surface area contributed by atoms with Gasteiger partial charge in [-0.3, -0.25) is 14.3 Å². The van der Waals surface area contributed by atoms with Crippen molar-refractivity contribution in [2.24, 2.45) is 0 Å². The fourth-order valence-corrected chi connectivity index (χ4v) is 1.50. The van der Waals surface area contributed by atoms with Crippen molar-refractivity contribution in [3.63, 3.8) is 0 Å². The molecule has 84 valence electrons. The van der Waals surface area contributed by atoms with E-state index in [0.717, 1.165) is 0 Å². The molecule has 0 aliphatic rings. The Morgan fingerprint density at radius 3 is 2.27 bits per heavy atom. The van der Waals surface area contributed by atoms with E-state index in [-0.39, 0.29) is 11.4 Å². The van der Waals surface area contributed by atoms with E-state index in [9.17, 15) is 14.7 Å². The minimum Gasteiger partial charge on any atom is -0.494 e. The molecule has 0 atom stereocenters. The second kappa shape index (κ2) is 3.56. The Labute approximate surface area is 87.4 Å². The van der Waals surface area contributed by atoms with Crippen LogP contribution >= 0.6 is 0 Å². The zero-order chi connectivity index (χ0) is 11.8. The average Bonchev–Trinajstić information content (AvgIpc) is 2.00. The van der Waals surface area contributed by atoms with E-state index in [4.69, 9.17) is 0 Å². The summed E-state index contributed by atoms with van der Waals surface area (Å²) in [6.07, 6.45) is 0.386. The lowest BCUT2D eigenvalue weighted by Crippen LogP contribution is -2.40. The van der Waals surface area contributed by atoms with Gasteiger partial charge in [0.25, 0.3) is 5.56 Å². The molecule has 0 amide bonds. The Balaban J connectivity index is 3.69. The summed E-state index contributed by atoms with van der Waals surface area (Å²) in [6.45, 7) is 7.10. The molecular weight excluding hydrogens is 196 g/mol. The number of rotatable bonds is 1. The molecule has 0 saturated carbocycles. The zero-order valence-electron chi connectivity index (χ0n) is 9.42. The molecular formula is C10H16N2O3. The molecule has 0 radical (unpaired) electrons. The fraction of sp³-hybridized carbons (Fsp3) is 0.600. The van der Waals surface area contributed by atoms with E-state index < -0.39 is 16.8 Å². The summed E-state index contributed by atoms with van der Waals surface area (Å²) < 4.78 is 1.19. The van der Waals surface area contributed by atoms with E-state index in [0.29, 0.717) is 6.42 Å². The van der Waals surface area contributed by atoms with Crippen molar-refractivity contribution in [3.8, 4) is 5.88 Å². The summed E-state index contributed by atoms with van der Waals surface area (Å²) in [5, 5.41) is 9.83. The first-order chi connectivity index (χ1) is 6.79. The van der Waals surface area contributed by atoms with Crippen molar-refractivity contribution in [1.82, 2.24) is 9.55 Å². The zero-order valence-corrected chi connectivity index (χ0v) is 9.42. The third-order valence-electron chi connectivity index (χ3n) is 2.20. The first kappa shape index (κ1) is 11.6. The molecule has 0 fully saturated rings. The lowest BCUT2D eigenvalue weighted by Gasteiger charge is -2.23. The highest BCUT2D eigenvalue weighted by Gasteiger charge is 2.22. The molecule has 1 heterocycles. The minimum absolute atomic E-state index is 0.237. The van der Waals surface area contributed by atoms with Crippen molar-refractivity contribution < 1.29 is 5.11 Å². The molecule has 1 aromatic rings. The third kappa shape index (κ3) is 1.95. The van der Waals surface area contributed by atoms with Crippen LogP contribution in [-0.4, -0.2) is 14.7 Å². The van der Waals surface area contributed by atoms with Crippen LogP contribution in [0.15, 0.2) is 9.59 Å². The van der Waals surface area contributed by atoms with E-state index in [2.05, 4.69) is 4.98 Å². The number of aromatic nitrogens is 2. The molecule has 1 rings (SSSR count). The van der Waals surface area contributed by atoms with Crippen molar-refractivity contribution in [2.75, 3.05) is 0 Å². The van der Waals surface area contributed by atoms with Gasteiger partial charge in [-0.25, -0.2) is 4.79 Å². The van der Waals surface area contributed by atoms with Crippen LogP contribution in [0.4, 0.5) is 0 Å². The molecule has 0 aromatic carbocycles. The van der Waals surface area contributed by atoms with Gasteiger partial charge in [-0.2, -0.15) is 0 Å². The van der Waals surface area contributed by atoms with Gasteiger partial charge in [0.2, 0.25) is 5.88 Å². The Bertz CT molecular complexity index is 477. The molecule has 0 bridgehead atoms. The van der Waals surface area contributed by atoms with Gasteiger partial charge < -0.3 is 5.11 Å². The van der Waals surface area contributed by atoms with Gasteiger partial charge in [0.05, 0.1) is 5.56 Å². The topological polar surface area (TPSA) is 75.1 Å². The van der Waals surface area contributed by atoms with Gasteiger partial charge in [-0.05, 0) is 27.2 Å². The summed E-state index contributed by atoms with van der Waals surface area (Å²) in [5.74, 6) is -0.237. The van der Waals surface area contributed by atoms with Gasteiger partial charge in [-0.1, -0.05) is 6.92 Å². The lowest BCUT2D eigenvalue weighted by molar-refractivity contribution is 0.302. The summed E-state index contributed by atoms with van der Waals surface area (Å²) in [7, 11) is 0. The fourth-order valence-electron chi connectivity index (χ4n) is 1.50. The molecule has 15 heavy (non-hydrogen) atoms. The van der Waals surface area contributed by atoms with E-state index >= 15 is 0 Å². The number of hydrogen-bond acceptors (Lipinski definition) is 3. The largest absolute Gasteiger partial charge is 0.494 e.